The molecule has 0 radical (unpaired) electrons. The molecule has 3 rings (SSSR count). The zero-order valence-corrected chi connectivity index (χ0v) is 17.6. The summed E-state index contributed by atoms with van der Waals surface area (Å²) in [5.41, 5.74) is 0.590. The summed E-state index contributed by atoms with van der Waals surface area (Å²) in [5.74, 6) is -0.214. The molecule has 5 nitrogen and oxygen atoms in total. The van der Waals surface area contributed by atoms with Gasteiger partial charge in [0.25, 0.3) is 5.91 Å². The van der Waals surface area contributed by atoms with Crippen LogP contribution in [0.3, 0.4) is 0 Å². The van der Waals surface area contributed by atoms with Gasteiger partial charge in [0.2, 0.25) is 0 Å². The summed E-state index contributed by atoms with van der Waals surface area (Å²) in [7, 11) is -3.13. The minimum absolute atomic E-state index is 0.0195. The molecule has 2 heterocycles. The molecule has 1 amide bonds. The number of sulfone groups is 1. The molecule has 0 saturated carbocycles. The van der Waals surface area contributed by atoms with E-state index in [0.717, 1.165) is 12.8 Å². The van der Waals surface area contributed by atoms with Gasteiger partial charge >= 0.3 is 0 Å². The second-order valence-electron chi connectivity index (χ2n) is 6.49. The first-order valence-electron chi connectivity index (χ1n) is 8.50. The Morgan fingerprint density at radius 3 is 2.65 bits per heavy atom. The van der Waals surface area contributed by atoms with Crippen LogP contribution in [0.15, 0.2) is 23.2 Å². The maximum atomic E-state index is 12.5. The Kier molecular flexibility index (Phi) is 5.92. The fourth-order valence-electron chi connectivity index (χ4n) is 3.35. The number of halogens is 2. The fourth-order valence-corrected chi connectivity index (χ4v) is 7.65. The van der Waals surface area contributed by atoms with Gasteiger partial charge in [-0.2, -0.15) is 4.99 Å². The zero-order chi connectivity index (χ0) is 19.1. The molecule has 2 fully saturated rings. The number of anilines is 1. The Morgan fingerprint density at radius 2 is 2.00 bits per heavy atom. The molecule has 2 aliphatic rings. The van der Waals surface area contributed by atoms with Crippen LogP contribution in [0.25, 0.3) is 0 Å². The van der Waals surface area contributed by atoms with Gasteiger partial charge in [0.15, 0.2) is 15.0 Å². The number of carbonyl (C=O) groups is 1. The van der Waals surface area contributed by atoms with Crippen LogP contribution in [-0.4, -0.2) is 42.3 Å². The molecule has 1 aromatic carbocycles. The van der Waals surface area contributed by atoms with Gasteiger partial charge in [-0.05, 0) is 25.0 Å². The maximum absolute atomic E-state index is 12.5. The van der Waals surface area contributed by atoms with Gasteiger partial charge in [-0.1, -0.05) is 54.9 Å². The van der Waals surface area contributed by atoms with Crippen LogP contribution in [0, 0.1) is 5.92 Å². The van der Waals surface area contributed by atoms with Gasteiger partial charge in [0.1, 0.15) is 0 Å². The number of thioether (sulfide) groups is 1. The number of amidine groups is 1. The minimum Gasteiger partial charge on any atom is -0.314 e. The van der Waals surface area contributed by atoms with Gasteiger partial charge in [-0.3, -0.25) is 4.79 Å². The summed E-state index contributed by atoms with van der Waals surface area (Å²) >= 11 is 13.9. The lowest BCUT2D eigenvalue weighted by Crippen LogP contribution is -2.38. The van der Waals surface area contributed by atoms with E-state index in [-0.39, 0.29) is 34.6 Å². The molecule has 1 aromatic rings. The highest BCUT2D eigenvalue weighted by Crippen LogP contribution is 2.44. The third kappa shape index (κ3) is 3.77. The van der Waals surface area contributed by atoms with Gasteiger partial charge in [-0.25, -0.2) is 8.42 Å². The number of carbonyl (C=O) groups excluding carboxylic acids is 1. The number of hydrogen-bond donors (Lipinski definition) is 0. The molecule has 0 bridgehead atoms. The maximum Gasteiger partial charge on any atom is 0.251 e. The first-order chi connectivity index (χ1) is 12.3. The minimum atomic E-state index is -3.13. The smallest absolute Gasteiger partial charge is 0.251 e. The molecule has 0 spiro atoms. The lowest BCUT2D eigenvalue weighted by atomic mass is 10.0. The summed E-state index contributed by atoms with van der Waals surface area (Å²) in [6, 6.07) is 4.91. The van der Waals surface area contributed by atoms with Crippen molar-refractivity contribution < 1.29 is 13.2 Å². The van der Waals surface area contributed by atoms with Gasteiger partial charge in [0, 0.05) is 11.2 Å². The fraction of sp³-hybridized carbons (Fsp3) is 0.529. The Bertz CT molecular complexity index is 854. The van der Waals surface area contributed by atoms with E-state index in [1.165, 1.54) is 11.8 Å². The SMILES string of the molecule is CCC(CC)C(=O)N=C1S[C@H]2CS(=O)(=O)C[C@@H]2N1c1cccc(Cl)c1Cl. The molecule has 0 unspecified atom stereocenters. The molecule has 2 atom stereocenters. The average Bonchev–Trinajstić information content (AvgIpc) is 3.02. The predicted molar refractivity (Wildman–Crippen MR) is 109 cm³/mol. The first kappa shape index (κ1) is 20.0. The molecule has 142 valence electrons. The van der Waals surface area contributed by atoms with E-state index in [1.54, 1.807) is 23.1 Å². The molecular weight excluding hydrogens is 415 g/mol. The van der Waals surface area contributed by atoms with Crippen molar-refractivity contribution in [3.05, 3.63) is 28.2 Å². The summed E-state index contributed by atoms with van der Waals surface area (Å²) in [6.45, 7) is 3.92. The standard InChI is InChI=1S/C17H20Cl2N2O3S2/c1-3-10(4-2)16(22)20-17-21(12-7-5-6-11(18)15(12)19)13-8-26(23,24)9-14(13)25-17/h5-7,10,13-14H,3-4,8-9H2,1-2H3/t13-,14-/m0/s1. The number of rotatable bonds is 4. The van der Waals surface area contributed by atoms with Crippen LogP contribution in [0.5, 0.6) is 0 Å². The predicted octanol–water partition coefficient (Wildman–Crippen LogP) is 4.03. The van der Waals surface area contributed by atoms with E-state index in [9.17, 15) is 13.2 Å². The lowest BCUT2D eigenvalue weighted by Gasteiger charge is -2.26. The quantitative estimate of drug-likeness (QED) is 0.715. The normalized spacial score (nSPS) is 25.9. The van der Waals surface area contributed by atoms with Crippen molar-refractivity contribution in [2.24, 2.45) is 10.9 Å². The van der Waals surface area contributed by atoms with Crippen molar-refractivity contribution in [2.75, 3.05) is 16.4 Å². The monoisotopic (exact) mass is 434 g/mol. The Balaban J connectivity index is 2.04. The van der Waals surface area contributed by atoms with Crippen LogP contribution in [0.2, 0.25) is 10.0 Å². The first-order valence-corrected chi connectivity index (χ1v) is 12.0. The molecule has 0 aliphatic carbocycles. The Hall–Kier alpha value is -0.760. The van der Waals surface area contributed by atoms with Gasteiger partial charge in [-0.15, -0.1) is 0 Å². The highest BCUT2D eigenvalue weighted by atomic mass is 35.5. The summed E-state index contributed by atoms with van der Waals surface area (Å²) in [6.07, 6.45) is 1.44. The molecule has 2 aliphatic heterocycles. The van der Waals surface area contributed by atoms with E-state index in [1.807, 2.05) is 13.8 Å². The number of nitrogens with zero attached hydrogens (tertiary/aromatic N) is 2. The topological polar surface area (TPSA) is 66.8 Å². The van der Waals surface area contributed by atoms with Gasteiger partial charge in [0.05, 0.1) is 33.3 Å². The highest BCUT2D eigenvalue weighted by Gasteiger charge is 2.50. The average molecular weight is 435 g/mol. The number of benzene rings is 1. The van der Waals surface area contributed by atoms with E-state index in [0.29, 0.717) is 20.9 Å². The van der Waals surface area contributed by atoms with Crippen LogP contribution < -0.4 is 4.90 Å². The lowest BCUT2D eigenvalue weighted by molar-refractivity contribution is -0.121. The molecule has 0 aromatic heterocycles. The number of fused-ring (bicyclic) bond motifs is 1. The van der Waals surface area contributed by atoms with E-state index in [4.69, 9.17) is 23.2 Å². The second-order valence-corrected chi connectivity index (χ2v) is 10.6. The number of aliphatic imine (C=N–C) groups is 1. The molecule has 2 saturated heterocycles. The number of hydrogen-bond acceptors (Lipinski definition) is 4. The van der Waals surface area contributed by atoms with Crippen LogP contribution in [0.1, 0.15) is 26.7 Å². The van der Waals surface area contributed by atoms with Crippen LogP contribution >= 0.6 is 35.0 Å². The Labute approximate surface area is 168 Å². The largest absolute Gasteiger partial charge is 0.314 e. The van der Waals surface area contributed by atoms with E-state index >= 15 is 0 Å². The van der Waals surface area contributed by atoms with E-state index in [2.05, 4.69) is 4.99 Å². The molecular formula is C17H20Cl2N2O3S2. The summed E-state index contributed by atoms with van der Waals surface area (Å²) < 4.78 is 24.2. The summed E-state index contributed by atoms with van der Waals surface area (Å²) in [4.78, 5) is 18.7. The van der Waals surface area contributed by atoms with Crippen molar-refractivity contribution in [1.82, 2.24) is 0 Å². The van der Waals surface area contributed by atoms with Crippen molar-refractivity contribution in [3.63, 3.8) is 0 Å². The second kappa shape index (κ2) is 7.70. The third-order valence-electron chi connectivity index (χ3n) is 4.80. The summed E-state index contributed by atoms with van der Waals surface area (Å²) in [5, 5.41) is 1.06. The van der Waals surface area contributed by atoms with Crippen molar-refractivity contribution >= 4 is 61.6 Å². The van der Waals surface area contributed by atoms with Gasteiger partial charge < -0.3 is 4.90 Å². The molecule has 9 heteroatoms. The van der Waals surface area contributed by atoms with Crippen molar-refractivity contribution in [3.8, 4) is 0 Å². The molecule has 26 heavy (non-hydrogen) atoms. The van der Waals surface area contributed by atoms with E-state index < -0.39 is 9.84 Å². The molecule has 0 N–H and O–H groups in total. The van der Waals surface area contributed by atoms with Crippen LogP contribution in [0.4, 0.5) is 5.69 Å². The third-order valence-corrected chi connectivity index (χ3v) is 8.82. The zero-order valence-electron chi connectivity index (χ0n) is 14.5. The number of amides is 1. The van der Waals surface area contributed by atoms with Crippen LogP contribution in [-0.2, 0) is 14.6 Å². The highest BCUT2D eigenvalue weighted by molar-refractivity contribution is 8.16. The van der Waals surface area contributed by atoms with Crippen molar-refractivity contribution in [2.45, 2.75) is 38.0 Å². The van der Waals surface area contributed by atoms with Crippen molar-refractivity contribution in [1.29, 1.82) is 0 Å². The Morgan fingerprint density at radius 1 is 1.31 bits per heavy atom.